The molecule has 1 unspecified atom stereocenters. The van der Waals surface area contributed by atoms with Gasteiger partial charge >= 0.3 is 0 Å². The van der Waals surface area contributed by atoms with Crippen LogP contribution < -0.4 is 20.7 Å². The molecule has 0 aliphatic carbocycles. The normalized spacial score (nSPS) is 12.0. The lowest BCUT2D eigenvalue weighted by Gasteiger charge is -2.20. The van der Waals surface area contributed by atoms with Gasteiger partial charge in [-0.15, -0.1) is 0 Å². The third kappa shape index (κ3) is 2.92. The van der Waals surface area contributed by atoms with Gasteiger partial charge in [-0.3, -0.25) is 10.8 Å². The molecular formula is C14H16BrN3O2. The standard InChI is InChI=1S/C14H16BrN3O2/c1-19-11-4-3-7-17-14(11)13(18-16)10-6-5-9(15)8-12(10)20-2/h3-8,13,18H,16H2,1-2H3. The Hall–Kier alpha value is -1.63. The first-order valence-electron chi connectivity index (χ1n) is 5.99. The Labute approximate surface area is 126 Å². The molecule has 20 heavy (non-hydrogen) atoms. The van der Waals surface area contributed by atoms with Gasteiger partial charge in [0.2, 0.25) is 0 Å². The number of aromatic nitrogens is 1. The van der Waals surface area contributed by atoms with E-state index in [0.717, 1.165) is 15.8 Å². The zero-order valence-electron chi connectivity index (χ0n) is 11.3. The molecule has 1 aromatic heterocycles. The van der Waals surface area contributed by atoms with Crippen LogP contribution in [-0.4, -0.2) is 19.2 Å². The SMILES string of the molecule is COc1cc(Br)ccc1C(NN)c1ncccc1OC. The van der Waals surface area contributed by atoms with Gasteiger partial charge in [0.05, 0.1) is 20.3 Å². The maximum absolute atomic E-state index is 5.71. The first kappa shape index (κ1) is 14.8. The first-order valence-corrected chi connectivity index (χ1v) is 6.79. The van der Waals surface area contributed by atoms with Crippen molar-refractivity contribution in [1.29, 1.82) is 0 Å². The number of nitrogens with one attached hydrogen (secondary N) is 1. The Bertz CT molecular complexity index is 592. The first-order chi connectivity index (χ1) is 9.71. The van der Waals surface area contributed by atoms with Gasteiger partial charge in [0.25, 0.3) is 0 Å². The smallest absolute Gasteiger partial charge is 0.142 e. The predicted octanol–water partition coefficient (Wildman–Crippen LogP) is 2.41. The lowest BCUT2D eigenvalue weighted by molar-refractivity contribution is 0.390. The molecule has 0 amide bonds. The van der Waals surface area contributed by atoms with E-state index in [-0.39, 0.29) is 6.04 Å². The van der Waals surface area contributed by atoms with Crippen molar-refractivity contribution in [2.45, 2.75) is 6.04 Å². The molecule has 0 saturated carbocycles. The van der Waals surface area contributed by atoms with Crippen molar-refractivity contribution in [3.63, 3.8) is 0 Å². The fourth-order valence-corrected chi connectivity index (χ4v) is 2.37. The van der Waals surface area contributed by atoms with Gasteiger partial charge in [-0.2, -0.15) is 0 Å². The second-order valence-corrected chi connectivity index (χ2v) is 4.99. The van der Waals surface area contributed by atoms with E-state index >= 15 is 0 Å². The number of nitrogens with zero attached hydrogens (tertiary/aromatic N) is 1. The highest BCUT2D eigenvalue weighted by molar-refractivity contribution is 9.10. The summed E-state index contributed by atoms with van der Waals surface area (Å²) in [6.45, 7) is 0. The van der Waals surface area contributed by atoms with Gasteiger partial charge in [-0.25, -0.2) is 5.43 Å². The number of halogens is 1. The van der Waals surface area contributed by atoms with Gasteiger partial charge in [-0.05, 0) is 24.3 Å². The minimum atomic E-state index is -0.325. The highest BCUT2D eigenvalue weighted by atomic mass is 79.9. The van der Waals surface area contributed by atoms with Crippen molar-refractivity contribution in [3.8, 4) is 11.5 Å². The second kappa shape index (κ2) is 6.69. The average molecular weight is 338 g/mol. The maximum atomic E-state index is 5.71. The fourth-order valence-electron chi connectivity index (χ4n) is 2.03. The third-order valence-corrected chi connectivity index (χ3v) is 3.46. The van der Waals surface area contributed by atoms with E-state index in [4.69, 9.17) is 15.3 Å². The van der Waals surface area contributed by atoms with Crippen LogP contribution in [0, 0.1) is 0 Å². The molecule has 0 aliphatic heterocycles. The molecule has 1 aromatic carbocycles. The summed E-state index contributed by atoms with van der Waals surface area (Å²) in [4.78, 5) is 4.36. The zero-order valence-corrected chi connectivity index (χ0v) is 12.8. The molecule has 5 nitrogen and oxygen atoms in total. The van der Waals surface area contributed by atoms with Crippen molar-refractivity contribution < 1.29 is 9.47 Å². The van der Waals surface area contributed by atoms with E-state index in [0.29, 0.717) is 11.4 Å². The summed E-state index contributed by atoms with van der Waals surface area (Å²) in [5, 5.41) is 0. The molecule has 2 aromatic rings. The number of hydrogen-bond acceptors (Lipinski definition) is 5. The Morgan fingerprint density at radius 2 is 1.95 bits per heavy atom. The minimum Gasteiger partial charge on any atom is -0.496 e. The van der Waals surface area contributed by atoms with Crippen molar-refractivity contribution in [3.05, 3.63) is 52.3 Å². The highest BCUT2D eigenvalue weighted by Gasteiger charge is 2.21. The van der Waals surface area contributed by atoms with Crippen molar-refractivity contribution in [1.82, 2.24) is 10.4 Å². The molecule has 1 heterocycles. The lowest BCUT2D eigenvalue weighted by Crippen LogP contribution is -2.30. The molecule has 0 spiro atoms. The van der Waals surface area contributed by atoms with Crippen LogP contribution in [0.3, 0.4) is 0 Å². The molecule has 106 valence electrons. The number of pyridine rings is 1. The van der Waals surface area contributed by atoms with E-state index in [1.54, 1.807) is 20.4 Å². The molecule has 0 bridgehead atoms. The topological polar surface area (TPSA) is 69.4 Å². The second-order valence-electron chi connectivity index (χ2n) is 4.08. The van der Waals surface area contributed by atoms with Crippen LogP contribution in [0.1, 0.15) is 17.3 Å². The van der Waals surface area contributed by atoms with Gasteiger partial charge in [0.15, 0.2) is 0 Å². The number of ether oxygens (including phenoxy) is 2. The summed E-state index contributed by atoms with van der Waals surface area (Å²) in [5.74, 6) is 7.09. The fraction of sp³-hybridized carbons (Fsp3) is 0.214. The van der Waals surface area contributed by atoms with E-state index in [1.165, 1.54) is 0 Å². The Balaban J connectivity index is 2.52. The summed E-state index contributed by atoms with van der Waals surface area (Å²) in [6.07, 6.45) is 1.70. The van der Waals surface area contributed by atoms with Gasteiger partial charge in [0.1, 0.15) is 17.2 Å². The number of benzene rings is 1. The number of hydrogen-bond donors (Lipinski definition) is 2. The van der Waals surface area contributed by atoms with Gasteiger partial charge in [0, 0.05) is 16.2 Å². The third-order valence-electron chi connectivity index (χ3n) is 2.97. The predicted molar refractivity (Wildman–Crippen MR) is 80.6 cm³/mol. The summed E-state index contributed by atoms with van der Waals surface area (Å²) in [6, 6.07) is 9.08. The van der Waals surface area contributed by atoms with Crippen LogP contribution in [-0.2, 0) is 0 Å². The van der Waals surface area contributed by atoms with Crippen LogP contribution in [0.25, 0.3) is 0 Å². The number of hydrazine groups is 1. The Kier molecular flexibility index (Phi) is 4.94. The molecule has 6 heteroatoms. The number of nitrogens with two attached hydrogens (primary N) is 1. The van der Waals surface area contributed by atoms with Crippen LogP contribution in [0.4, 0.5) is 0 Å². The van der Waals surface area contributed by atoms with Crippen molar-refractivity contribution in [2.24, 2.45) is 5.84 Å². The summed E-state index contributed by atoms with van der Waals surface area (Å²) >= 11 is 3.42. The molecular weight excluding hydrogens is 322 g/mol. The molecule has 0 saturated heterocycles. The van der Waals surface area contributed by atoms with Crippen LogP contribution in [0.15, 0.2) is 41.0 Å². The van der Waals surface area contributed by atoms with Crippen molar-refractivity contribution >= 4 is 15.9 Å². The Morgan fingerprint density at radius 3 is 2.60 bits per heavy atom. The number of methoxy groups -OCH3 is 2. The highest BCUT2D eigenvalue weighted by Crippen LogP contribution is 2.34. The zero-order chi connectivity index (χ0) is 14.5. The van der Waals surface area contributed by atoms with E-state index < -0.39 is 0 Å². The van der Waals surface area contributed by atoms with Crippen molar-refractivity contribution in [2.75, 3.05) is 14.2 Å². The summed E-state index contributed by atoms with van der Waals surface area (Å²) in [7, 11) is 3.22. The van der Waals surface area contributed by atoms with Gasteiger partial charge < -0.3 is 9.47 Å². The maximum Gasteiger partial charge on any atom is 0.142 e. The van der Waals surface area contributed by atoms with E-state index in [2.05, 4.69) is 26.3 Å². The van der Waals surface area contributed by atoms with Crippen LogP contribution in [0.2, 0.25) is 0 Å². The molecule has 0 radical (unpaired) electrons. The molecule has 1 atom stereocenters. The van der Waals surface area contributed by atoms with Crippen LogP contribution >= 0.6 is 15.9 Å². The lowest BCUT2D eigenvalue weighted by atomic mass is 10.0. The molecule has 0 fully saturated rings. The quantitative estimate of drug-likeness (QED) is 0.647. The van der Waals surface area contributed by atoms with E-state index in [1.807, 2.05) is 30.3 Å². The van der Waals surface area contributed by atoms with Gasteiger partial charge in [-0.1, -0.05) is 22.0 Å². The summed E-state index contributed by atoms with van der Waals surface area (Å²) < 4.78 is 11.7. The molecule has 2 rings (SSSR count). The van der Waals surface area contributed by atoms with Crippen LogP contribution in [0.5, 0.6) is 11.5 Å². The number of rotatable bonds is 5. The summed E-state index contributed by atoms with van der Waals surface area (Å²) in [5.41, 5.74) is 4.36. The average Bonchev–Trinajstić information content (AvgIpc) is 2.49. The molecule has 3 N–H and O–H groups in total. The monoisotopic (exact) mass is 337 g/mol. The Morgan fingerprint density at radius 1 is 1.20 bits per heavy atom. The molecule has 0 aliphatic rings. The largest absolute Gasteiger partial charge is 0.496 e. The minimum absolute atomic E-state index is 0.325. The van der Waals surface area contributed by atoms with E-state index in [9.17, 15) is 0 Å².